The highest BCUT2D eigenvalue weighted by molar-refractivity contribution is 9.10. The fraction of sp³-hybridized carbons (Fsp3) is 0.250. The zero-order valence-electron chi connectivity index (χ0n) is 16.2. The highest BCUT2D eigenvalue weighted by Crippen LogP contribution is 2.35. The summed E-state index contributed by atoms with van der Waals surface area (Å²) in [5.74, 6) is 0.433. The Morgan fingerprint density at radius 2 is 1.86 bits per heavy atom. The molecule has 0 heterocycles. The molecule has 0 saturated carbocycles. The second kappa shape index (κ2) is 10.8. The van der Waals surface area contributed by atoms with Crippen LogP contribution in [0.5, 0.6) is 11.5 Å². The summed E-state index contributed by atoms with van der Waals surface area (Å²) in [4.78, 5) is 23.9. The van der Waals surface area contributed by atoms with Gasteiger partial charge in [0, 0.05) is 23.6 Å². The molecule has 0 atom stereocenters. The Morgan fingerprint density at radius 3 is 2.52 bits per heavy atom. The van der Waals surface area contributed by atoms with Gasteiger partial charge in [-0.3, -0.25) is 9.59 Å². The van der Waals surface area contributed by atoms with E-state index >= 15 is 0 Å². The van der Waals surface area contributed by atoms with E-state index in [4.69, 9.17) is 21.1 Å². The highest BCUT2D eigenvalue weighted by Gasteiger charge is 2.10. The van der Waals surface area contributed by atoms with Gasteiger partial charge in [0.1, 0.15) is 0 Å². The summed E-state index contributed by atoms with van der Waals surface area (Å²) >= 11 is 9.42. The lowest BCUT2D eigenvalue weighted by molar-refractivity contribution is -0.124. The normalized spacial score (nSPS) is 10.7. The third-order valence-electron chi connectivity index (χ3n) is 3.89. The molecule has 29 heavy (non-hydrogen) atoms. The Kier molecular flexibility index (Phi) is 8.48. The zero-order valence-corrected chi connectivity index (χ0v) is 18.6. The summed E-state index contributed by atoms with van der Waals surface area (Å²) in [6.07, 6.45) is 1.49. The number of nitrogens with one attached hydrogen (secondary N) is 2. The predicted molar refractivity (Wildman–Crippen MR) is 117 cm³/mol. The van der Waals surface area contributed by atoms with Crippen LogP contribution in [0.1, 0.15) is 24.0 Å². The number of nitrogens with zero attached hydrogens (tertiary/aromatic N) is 1. The zero-order chi connectivity index (χ0) is 21.4. The second-order valence-electron chi connectivity index (χ2n) is 6.04. The summed E-state index contributed by atoms with van der Waals surface area (Å²) in [7, 11) is 3.07. The van der Waals surface area contributed by atoms with Gasteiger partial charge in [0.2, 0.25) is 11.8 Å². The fourth-order valence-corrected chi connectivity index (χ4v) is 3.17. The number of benzene rings is 2. The van der Waals surface area contributed by atoms with E-state index in [-0.39, 0.29) is 24.7 Å². The van der Waals surface area contributed by atoms with Gasteiger partial charge in [-0.15, -0.1) is 0 Å². The first kappa shape index (κ1) is 22.7. The Balaban J connectivity index is 1.84. The smallest absolute Gasteiger partial charge is 0.240 e. The van der Waals surface area contributed by atoms with E-state index in [1.54, 1.807) is 31.4 Å². The minimum Gasteiger partial charge on any atom is -0.493 e. The largest absolute Gasteiger partial charge is 0.493 e. The maximum atomic E-state index is 12.0. The molecule has 7 nitrogen and oxygen atoms in total. The van der Waals surface area contributed by atoms with Gasteiger partial charge in [0.15, 0.2) is 11.5 Å². The Hall–Kier alpha value is -2.58. The lowest BCUT2D eigenvalue weighted by atomic mass is 10.2. The van der Waals surface area contributed by atoms with Gasteiger partial charge in [0.25, 0.3) is 0 Å². The molecule has 2 amide bonds. The van der Waals surface area contributed by atoms with Crippen molar-refractivity contribution in [3.05, 3.63) is 51.0 Å². The summed E-state index contributed by atoms with van der Waals surface area (Å²) in [6, 6.07) is 8.73. The monoisotopic (exact) mass is 481 g/mol. The molecule has 154 valence electrons. The molecule has 0 fully saturated rings. The Morgan fingerprint density at radius 1 is 1.14 bits per heavy atom. The van der Waals surface area contributed by atoms with Crippen LogP contribution in [0.4, 0.5) is 5.69 Å². The number of hydrogen-bond acceptors (Lipinski definition) is 5. The second-order valence-corrected chi connectivity index (χ2v) is 7.31. The van der Waals surface area contributed by atoms with Crippen molar-refractivity contribution in [3.63, 3.8) is 0 Å². The van der Waals surface area contributed by atoms with Crippen LogP contribution in [0.15, 0.2) is 39.9 Å². The number of anilines is 1. The predicted octanol–water partition coefficient (Wildman–Crippen LogP) is 4.30. The lowest BCUT2D eigenvalue weighted by Gasteiger charge is -2.10. The number of carbonyl (C=O) groups excluding carboxylic acids is 2. The average Bonchev–Trinajstić information content (AvgIpc) is 2.68. The number of methoxy groups -OCH3 is 2. The third-order valence-corrected chi connectivity index (χ3v) is 4.89. The molecule has 0 saturated heterocycles. The summed E-state index contributed by atoms with van der Waals surface area (Å²) < 4.78 is 11.2. The number of ether oxygens (including phenoxy) is 2. The number of hydrazone groups is 1. The molecule has 2 N–H and O–H groups in total. The van der Waals surface area contributed by atoms with Crippen molar-refractivity contribution in [2.24, 2.45) is 5.10 Å². The van der Waals surface area contributed by atoms with Gasteiger partial charge in [-0.1, -0.05) is 17.7 Å². The fourth-order valence-electron chi connectivity index (χ4n) is 2.37. The van der Waals surface area contributed by atoms with Crippen molar-refractivity contribution in [1.29, 1.82) is 0 Å². The van der Waals surface area contributed by atoms with Crippen LogP contribution in [0.2, 0.25) is 5.02 Å². The first-order chi connectivity index (χ1) is 13.8. The van der Waals surface area contributed by atoms with E-state index in [0.717, 1.165) is 5.56 Å². The molecular formula is C20H21BrClN3O4. The van der Waals surface area contributed by atoms with E-state index < -0.39 is 0 Å². The van der Waals surface area contributed by atoms with Gasteiger partial charge in [-0.2, -0.15) is 5.10 Å². The molecule has 0 aliphatic heterocycles. The van der Waals surface area contributed by atoms with Crippen LogP contribution < -0.4 is 20.2 Å². The topological polar surface area (TPSA) is 89.0 Å². The quantitative estimate of drug-likeness (QED) is 0.434. The van der Waals surface area contributed by atoms with Crippen LogP contribution in [-0.2, 0) is 9.59 Å². The van der Waals surface area contributed by atoms with Gasteiger partial charge in [-0.25, -0.2) is 5.43 Å². The average molecular weight is 483 g/mol. The summed E-state index contributed by atoms with van der Waals surface area (Å²) in [5.41, 5.74) is 4.60. The molecule has 0 aliphatic carbocycles. The van der Waals surface area contributed by atoms with Gasteiger partial charge >= 0.3 is 0 Å². The Bertz CT molecular complexity index is 934. The van der Waals surface area contributed by atoms with Crippen molar-refractivity contribution < 1.29 is 19.1 Å². The SMILES string of the molecule is COc1cc(C=NNC(=O)CCC(=O)Nc2ccc(C)c(Cl)c2)cc(Br)c1OC. The molecule has 0 radical (unpaired) electrons. The molecule has 0 aliphatic rings. The first-order valence-electron chi connectivity index (χ1n) is 8.63. The summed E-state index contributed by atoms with van der Waals surface area (Å²) in [6.45, 7) is 1.87. The molecule has 0 unspecified atom stereocenters. The van der Waals surface area contributed by atoms with Crippen molar-refractivity contribution in [2.75, 3.05) is 19.5 Å². The van der Waals surface area contributed by atoms with Crippen molar-refractivity contribution in [2.45, 2.75) is 19.8 Å². The highest BCUT2D eigenvalue weighted by atomic mass is 79.9. The van der Waals surface area contributed by atoms with Crippen LogP contribution >= 0.6 is 27.5 Å². The van der Waals surface area contributed by atoms with Gasteiger partial charge < -0.3 is 14.8 Å². The van der Waals surface area contributed by atoms with Crippen molar-refractivity contribution in [1.82, 2.24) is 5.43 Å². The molecule has 9 heteroatoms. The number of carbonyl (C=O) groups is 2. The first-order valence-corrected chi connectivity index (χ1v) is 9.80. The minimum atomic E-state index is -0.377. The van der Waals surface area contributed by atoms with E-state index in [9.17, 15) is 9.59 Å². The van der Waals surface area contributed by atoms with Crippen LogP contribution in [-0.4, -0.2) is 32.2 Å². The molecule has 0 bridgehead atoms. The molecular weight excluding hydrogens is 462 g/mol. The van der Waals surface area contributed by atoms with Gasteiger partial charge in [0.05, 0.1) is 24.9 Å². The molecule has 2 aromatic carbocycles. The maximum Gasteiger partial charge on any atom is 0.240 e. The molecule has 0 spiro atoms. The van der Waals surface area contributed by atoms with E-state index in [0.29, 0.717) is 32.2 Å². The van der Waals surface area contributed by atoms with Crippen molar-refractivity contribution in [3.8, 4) is 11.5 Å². The third kappa shape index (κ3) is 6.76. The summed E-state index contributed by atoms with van der Waals surface area (Å²) in [5, 5.41) is 7.18. The van der Waals surface area contributed by atoms with Crippen LogP contribution in [0.3, 0.4) is 0 Å². The number of rotatable bonds is 8. The van der Waals surface area contributed by atoms with Crippen LogP contribution in [0.25, 0.3) is 0 Å². The number of halogens is 2. The molecule has 2 rings (SSSR count). The standard InChI is InChI=1S/C20H21BrClN3O4/c1-12-4-5-14(10-16(12)22)24-18(26)6-7-19(27)25-23-11-13-8-15(21)20(29-3)17(9-13)28-2/h4-5,8-11H,6-7H2,1-3H3,(H,24,26)(H,25,27). The van der Waals surface area contributed by atoms with E-state index in [1.165, 1.54) is 13.3 Å². The van der Waals surface area contributed by atoms with Crippen molar-refractivity contribution >= 4 is 51.2 Å². The van der Waals surface area contributed by atoms with Crippen LogP contribution in [0, 0.1) is 6.92 Å². The maximum absolute atomic E-state index is 12.0. The minimum absolute atomic E-state index is 0.00159. The van der Waals surface area contributed by atoms with Gasteiger partial charge in [-0.05, 0) is 58.2 Å². The van der Waals surface area contributed by atoms with E-state index in [2.05, 4.69) is 31.8 Å². The number of aryl methyl sites for hydroxylation is 1. The molecule has 0 aromatic heterocycles. The Labute approximate surface area is 182 Å². The lowest BCUT2D eigenvalue weighted by Crippen LogP contribution is -2.20. The number of amides is 2. The molecule has 2 aromatic rings. The number of hydrogen-bond donors (Lipinski definition) is 2. The van der Waals surface area contributed by atoms with E-state index in [1.807, 2.05) is 13.0 Å².